The molecule has 0 saturated carbocycles. The van der Waals surface area contributed by atoms with Crippen LogP contribution in [0.15, 0.2) is 23.1 Å². The summed E-state index contributed by atoms with van der Waals surface area (Å²) in [7, 11) is -2.40. The van der Waals surface area contributed by atoms with Crippen molar-refractivity contribution in [1.29, 1.82) is 0 Å². The molecule has 0 amide bonds. The second kappa shape index (κ2) is 5.96. The summed E-state index contributed by atoms with van der Waals surface area (Å²) in [5.41, 5.74) is 5.99. The standard InChI is InChI=1S/C12H18N2O5S/c1-18-11-3-2-9(13)6-12(11)20(16,17)14-4-5-19-8-10(14)7-15/h2-3,6,10,15H,4-5,7-8,13H2,1H3. The number of aliphatic hydroxyl groups excluding tert-OH is 1. The molecular weight excluding hydrogens is 284 g/mol. The van der Waals surface area contributed by atoms with E-state index in [0.29, 0.717) is 12.3 Å². The lowest BCUT2D eigenvalue weighted by atomic mass is 10.3. The molecule has 0 radical (unpaired) electrons. The SMILES string of the molecule is COc1ccc(N)cc1S(=O)(=O)N1CCOCC1CO. The van der Waals surface area contributed by atoms with Crippen molar-refractivity contribution >= 4 is 15.7 Å². The number of benzene rings is 1. The van der Waals surface area contributed by atoms with Gasteiger partial charge in [0, 0.05) is 12.2 Å². The number of anilines is 1. The maximum Gasteiger partial charge on any atom is 0.247 e. The third-order valence-corrected chi connectivity index (χ3v) is 5.13. The zero-order valence-corrected chi connectivity index (χ0v) is 12.0. The van der Waals surface area contributed by atoms with Gasteiger partial charge in [-0.2, -0.15) is 4.31 Å². The van der Waals surface area contributed by atoms with Crippen LogP contribution in [0.2, 0.25) is 0 Å². The fourth-order valence-corrected chi connectivity index (χ4v) is 3.90. The molecule has 3 N–H and O–H groups in total. The van der Waals surface area contributed by atoms with Crippen molar-refractivity contribution in [3.05, 3.63) is 18.2 Å². The topological polar surface area (TPSA) is 102 Å². The Balaban J connectivity index is 2.46. The maximum absolute atomic E-state index is 12.7. The summed E-state index contributed by atoms with van der Waals surface area (Å²) >= 11 is 0. The van der Waals surface area contributed by atoms with Gasteiger partial charge >= 0.3 is 0 Å². The third kappa shape index (κ3) is 2.73. The lowest BCUT2D eigenvalue weighted by molar-refractivity contribution is 0.0108. The lowest BCUT2D eigenvalue weighted by Gasteiger charge is -2.33. The van der Waals surface area contributed by atoms with Crippen LogP contribution in [0, 0.1) is 0 Å². The van der Waals surface area contributed by atoms with Crippen molar-refractivity contribution in [3.63, 3.8) is 0 Å². The number of nitrogen functional groups attached to an aromatic ring is 1. The summed E-state index contributed by atoms with van der Waals surface area (Å²) < 4.78 is 36.9. The van der Waals surface area contributed by atoms with Crippen LogP contribution in [0.5, 0.6) is 5.75 Å². The molecule has 0 aromatic heterocycles. The fourth-order valence-electron chi connectivity index (χ4n) is 2.12. The van der Waals surface area contributed by atoms with Gasteiger partial charge in [0.05, 0.1) is 33.0 Å². The average molecular weight is 302 g/mol. The second-order valence-electron chi connectivity index (χ2n) is 4.44. The minimum Gasteiger partial charge on any atom is -0.495 e. The van der Waals surface area contributed by atoms with E-state index >= 15 is 0 Å². The van der Waals surface area contributed by atoms with E-state index in [2.05, 4.69) is 0 Å². The zero-order valence-electron chi connectivity index (χ0n) is 11.2. The van der Waals surface area contributed by atoms with Gasteiger partial charge in [-0.3, -0.25) is 0 Å². The van der Waals surface area contributed by atoms with Gasteiger partial charge in [-0.25, -0.2) is 8.42 Å². The average Bonchev–Trinajstić information content (AvgIpc) is 2.47. The molecule has 8 heteroatoms. The van der Waals surface area contributed by atoms with Crippen LogP contribution < -0.4 is 10.5 Å². The summed E-state index contributed by atoms with van der Waals surface area (Å²) in [6, 6.07) is 3.84. The van der Waals surface area contributed by atoms with Crippen LogP contribution in [0.3, 0.4) is 0 Å². The summed E-state index contributed by atoms with van der Waals surface area (Å²) in [6.45, 7) is 0.343. The molecule has 1 aliphatic rings. The molecule has 1 atom stereocenters. The number of methoxy groups -OCH3 is 1. The van der Waals surface area contributed by atoms with E-state index < -0.39 is 16.1 Å². The molecule has 1 saturated heterocycles. The van der Waals surface area contributed by atoms with Crippen LogP contribution in [0.1, 0.15) is 0 Å². The number of hydrogen-bond acceptors (Lipinski definition) is 6. The van der Waals surface area contributed by atoms with E-state index in [1.165, 1.54) is 23.5 Å². The first-order valence-electron chi connectivity index (χ1n) is 6.14. The highest BCUT2D eigenvalue weighted by Gasteiger charge is 2.35. The molecule has 20 heavy (non-hydrogen) atoms. The first-order chi connectivity index (χ1) is 9.50. The third-order valence-electron chi connectivity index (χ3n) is 3.16. The van der Waals surface area contributed by atoms with Crippen LogP contribution >= 0.6 is 0 Å². The summed E-state index contributed by atoms with van der Waals surface area (Å²) in [6.07, 6.45) is 0. The molecule has 1 unspecified atom stereocenters. The Kier molecular flexibility index (Phi) is 4.48. The van der Waals surface area contributed by atoms with Gasteiger partial charge in [-0.15, -0.1) is 0 Å². The van der Waals surface area contributed by atoms with E-state index in [-0.39, 0.29) is 30.4 Å². The first-order valence-corrected chi connectivity index (χ1v) is 7.58. The highest BCUT2D eigenvalue weighted by molar-refractivity contribution is 7.89. The van der Waals surface area contributed by atoms with Gasteiger partial charge in [0.25, 0.3) is 0 Å². The van der Waals surface area contributed by atoms with E-state index in [0.717, 1.165) is 0 Å². The predicted octanol–water partition coefficient (Wildman–Crippen LogP) is -0.341. The molecule has 1 fully saturated rings. The molecule has 1 heterocycles. The monoisotopic (exact) mass is 302 g/mol. The number of aliphatic hydroxyl groups is 1. The Morgan fingerprint density at radius 1 is 1.55 bits per heavy atom. The number of ether oxygens (including phenoxy) is 2. The van der Waals surface area contributed by atoms with Crippen molar-refractivity contribution in [2.24, 2.45) is 0 Å². The van der Waals surface area contributed by atoms with Gasteiger partial charge in [-0.05, 0) is 18.2 Å². The minimum absolute atomic E-state index is 0.000324. The maximum atomic E-state index is 12.7. The molecule has 1 aliphatic heterocycles. The zero-order chi connectivity index (χ0) is 14.8. The van der Waals surface area contributed by atoms with Crippen LogP contribution in [0.25, 0.3) is 0 Å². The van der Waals surface area contributed by atoms with Gasteiger partial charge in [0.1, 0.15) is 10.6 Å². The van der Waals surface area contributed by atoms with Crippen molar-refractivity contribution in [1.82, 2.24) is 4.31 Å². The number of rotatable bonds is 4. The predicted molar refractivity (Wildman–Crippen MR) is 73.0 cm³/mol. The summed E-state index contributed by atoms with van der Waals surface area (Å²) in [5, 5.41) is 9.31. The van der Waals surface area contributed by atoms with Gasteiger partial charge in [-0.1, -0.05) is 0 Å². The highest BCUT2D eigenvalue weighted by atomic mass is 32.2. The number of nitrogens with two attached hydrogens (primary N) is 1. The first kappa shape index (κ1) is 15.0. The molecule has 7 nitrogen and oxygen atoms in total. The van der Waals surface area contributed by atoms with Crippen molar-refractivity contribution in [2.45, 2.75) is 10.9 Å². The van der Waals surface area contributed by atoms with E-state index in [9.17, 15) is 13.5 Å². The van der Waals surface area contributed by atoms with Gasteiger partial charge in [0.2, 0.25) is 10.0 Å². The molecule has 1 aromatic carbocycles. The number of nitrogens with zero attached hydrogens (tertiary/aromatic N) is 1. The Morgan fingerprint density at radius 3 is 2.95 bits per heavy atom. The Labute approximate surface area is 117 Å². The normalized spacial score (nSPS) is 20.8. The number of sulfonamides is 1. The van der Waals surface area contributed by atoms with Crippen LogP contribution in [-0.4, -0.2) is 57.3 Å². The smallest absolute Gasteiger partial charge is 0.247 e. The molecule has 0 aliphatic carbocycles. The van der Waals surface area contributed by atoms with Crippen molar-refractivity contribution < 1.29 is 23.0 Å². The minimum atomic E-state index is -3.80. The van der Waals surface area contributed by atoms with Crippen molar-refractivity contribution in [2.75, 3.05) is 39.2 Å². The van der Waals surface area contributed by atoms with E-state index in [1.54, 1.807) is 6.07 Å². The molecule has 2 rings (SSSR count). The summed E-state index contributed by atoms with van der Waals surface area (Å²) in [5.74, 6) is 0.224. The number of morpholine rings is 1. The van der Waals surface area contributed by atoms with Crippen molar-refractivity contribution in [3.8, 4) is 5.75 Å². The fraction of sp³-hybridized carbons (Fsp3) is 0.500. The summed E-state index contributed by atoms with van der Waals surface area (Å²) in [4.78, 5) is 0.000324. The number of hydrogen-bond donors (Lipinski definition) is 2. The van der Waals surface area contributed by atoms with Crippen LogP contribution in [0.4, 0.5) is 5.69 Å². The Bertz CT molecular complexity index is 575. The Hall–Kier alpha value is -1.35. The van der Waals surface area contributed by atoms with Crippen LogP contribution in [-0.2, 0) is 14.8 Å². The van der Waals surface area contributed by atoms with Gasteiger partial charge < -0.3 is 20.3 Å². The second-order valence-corrected chi connectivity index (χ2v) is 6.30. The van der Waals surface area contributed by atoms with E-state index in [1.807, 2.05) is 0 Å². The quantitative estimate of drug-likeness (QED) is 0.738. The van der Waals surface area contributed by atoms with E-state index in [4.69, 9.17) is 15.2 Å². The molecule has 112 valence electrons. The molecule has 0 bridgehead atoms. The lowest BCUT2D eigenvalue weighted by Crippen LogP contribution is -2.50. The van der Waals surface area contributed by atoms with Gasteiger partial charge in [0.15, 0.2) is 0 Å². The largest absolute Gasteiger partial charge is 0.495 e. The molecular formula is C12H18N2O5S. The molecule has 1 aromatic rings. The highest BCUT2D eigenvalue weighted by Crippen LogP contribution is 2.30. The molecule has 0 spiro atoms. The Morgan fingerprint density at radius 2 is 2.30 bits per heavy atom.